The summed E-state index contributed by atoms with van der Waals surface area (Å²) >= 11 is 0. The maximum Gasteiger partial charge on any atom is 0.299 e. The Balaban J connectivity index is 2.06. The number of hydrogen-bond donors (Lipinski definition) is 0. The number of ketones is 1. The minimum absolute atomic E-state index is 0.322. The molecule has 0 atom stereocenters. The van der Waals surface area contributed by atoms with Crippen molar-refractivity contribution in [3.63, 3.8) is 0 Å². The van der Waals surface area contributed by atoms with Gasteiger partial charge in [0.15, 0.2) is 0 Å². The molecule has 1 aromatic carbocycles. The third-order valence-corrected chi connectivity index (χ3v) is 3.49. The Morgan fingerprint density at radius 3 is 2.60 bits per heavy atom. The Bertz CT molecular complexity index is 731. The van der Waals surface area contributed by atoms with E-state index >= 15 is 0 Å². The SMILES string of the molecule is Cc1cc(C)c2c(c1)C(=O)C(=O)N2Cc1ccn(C)n1. The van der Waals surface area contributed by atoms with Crippen molar-refractivity contribution < 1.29 is 9.59 Å². The first kappa shape index (κ1) is 12.6. The zero-order chi connectivity index (χ0) is 14.4. The molecule has 20 heavy (non-hydrogen) atoms. The fraction of sp³-hybridized carbons (Fsp3) is 0.267. The van der Waals surface area contributed by atoms with Crippen molar-refractivity contribution in [2.45, 2.75) is 20.4 Å². The number of nitrogens with zero attached hydrogens (tertiary/aromatic N) is 3. The van der Waals surface area contributed by atoms with Crippen LogP contribution >= 0.6 is 0 Å². The first-order chi connectivity index (χ1) is 9.47. The third kappa shape index (κ3) is 1.82. The van der Waals surface area contributed by atoms with Crippen molar-refractivity contribution in [1.82, 2.24) is 9.78 Å². The Morgan fingerprint density at radius 2 is 1.95 bits per heavy atom. The molecule has 1 aromatic heterocycles. The number of aryl methyl sites for hydroxylation is 3. The van der Waals surface area contributed by atoms with Gasteiger partial charge >= 0.3 is 0 Å². The smallest absolute Gasteiger partial charge is 0.298 e. The van der Waals surface area contributed by atoms with E-state index in [2.05, 4.69) is 5.10 Å². The average Bonchev–Trinajstić information content (AvgIpc) is 2.88. The van der Waals surface area contributed by atoms with E-state index in [0.717, 1.165) is 22.5 Å². The molecule has 1 aliphatic heterocycles. The van der Waals surface area contributed by atoms with E-state index in [1.165, 1.54) is 4.90 Å². The molecule has 102 valence electrons. The van der Waals surface area contributed by atoms with Gasteiger partial charge in [-0.2, -0.15) is 5.10 Å². The van der Waals surface area contributed by atoms with Crippen LogP contribution in [0.4, 0.5) is 5.69 Å². The van der Waals surface area contributed by atoms with E-state index in [1.54, 1.807) is 10.7 Å². The van der Waals surface area contributed by atoms with Crippen LogP contribution in [0.2, 0.25) is 0 Å². The number of amides is 1. The summed E-state index contributed by atoms with van der Waals surface area (Å²) < 4.78 is 1.68. The Kier molecular flexibility index (Phi) is 2.71. The lowest BCUT2D eigenvalue weighted by molar-refractivity contribution is -0.114. The zero-order valence-corrected chi connectivity index (χ0v) is 11.7. The molecule has 3 rings (SSSR count). The predicted octanol–water partition coefficient (Wildman–Crippen LogP) is 1.77. The molecule has 0 saturated heterocycles. The number of carbonyl (C=O) groups excluding carboxylic acids is 2. The van der Waals surface area contributed by atoms with Crippen molar-refractivity contribution in [2.24, 2.45) is 7.05 Å². The Labute approximate surface area is 116 Å². The summed E-state index contributed by atoms with van der Waals surface area (Å²) in [4.78, 5) is 25.8. The van der Waals surface area contributed by atoms with Crippen molar-refractivity contribution in [2.75, 3.05) is 4.90 Å². The maximum atomic E-state index is 12.2. The van der Waals surface area contributed by atoms with Gasteiger partial charge in [0.2, 0.25) is 0 Å². The van der Waals surface area contributed by atoms with Crippen LogP contribution in [0.1, 0.15) is 27.2 Å². The van der Waals surface area contributed by atoms with Gasteiger partial charge in [0.25, 0.3) is 11.7 Å². The van der Waals surface area contributed by atoms with Gasteiger partial charge in [0.05, 0.1) is 23.5 Å². The van der Waals surface area contributed by atoms with E-state index in [-0.39, 0.29) is 0 Å². The standard InChI is InChI=1S/C15H15N3O2/c1-9-6-10(2)13-12(7-9)14(19)15(20)18(13)8-11-4-5-17(3)16-11/h4-7H,8H2,1-3H3. The first-order valence-electron chi connectivity index (χ1n) is 6.43. The predicted molar refractivity (Wildman–Crippen MR) is 74.6 cm³/mol. The number of carbonyl (C=O) groups is 2. The van der Waals surface area contributed by atoms with Gasteiger partial charge in [0, 0.05) is 13.2 Å². The van der Waals surface area contributed by atoms with Gasteiger partial charge < -0.3 is 0 Å². The highest BCUT2D eigenvalue weighted by atomic mass is 16.2. The summed E-state index contributed by atoms with van der Waals surface area (Å²) in [6.45, 7) is 4.16. The second-order valence-corrected chi connectivity index (χ2v) is 5.18. The van der Waals surface area contributed by atoms with Crippen molar-refractivity contribution in [3.8, 4) is 0 Å². The topological polar surface area (TPSA) is 55.2 Å². The summed E-state index contributed by atoms with van der Waals surface area (Å²) in [5, 5.41) is 4.27. The molecule has 1 amide bonds. The molecule has 0 radical (unpaired) electrons. The van der Waals surface area contributed by atoms with Gasteiger partial charge in [-0.05, 0) is 37.1 Å². The molecule has 0 saturated carbocycles. The molecule has 0 unspecified atom stereocenters. The van der Waals surface area contributed by atoms with Crippen LogP contribution in [0.3, 0.4) is 0 Å². The van der Waals surface area contributed by atoms with Crippen LogP contribution in [-0.4, -0.2) is 21.5 Å². The number of fused-ring (bicyclic) bond motifs is 1. The molecule has 0 aliphatic carbocycles. The number of benzene rings is 1. The van der Waals surface area contributed by atoms with E-state index in [4.69, 9.17) is 0 Å². The van der Waals surface area contributed by atoms with Crippen LogP contribution in [0.15, 0.2) is 24.4 Å². The van der Waals surface area contributed by atoms with Crippen LogP contribution in [0.25, 0.3) is 0 Å². The number of anilines is 1. The number of rotatable bonds is 2. The lowest BCUT2D eigenvalue weighted by Gasteiger charge is -2.17. The van der Waals surface area contributed by atoms with E-state index in [1.807, 2.05) is 39.2 Å². The van der Waals surface area contributed by atoms with E-state index < -0.39 is 11.7 Å². The molecule has 2 aromatic rings. The third-order valence-electron chi connectivity index (χ3n) is 3.49. The molecule has 0 N–H and O–H groups in total. The lowest BCUT2D eigenvalue weighted by Crippen LogP contribution is -2.29. The summed E-state index contributed by atoms with van der Waals surface area (Å²) in [6.07, 6.45) is 1.82. The largest absolute Gasteiger partial charge is 0.299 e. The average molecular weight is 269 g/mol. The van der Waals surface area contributed by atoms with E-state index in [0.29, 0.717) is 12.1 Å². The van der Waals surface area contributed by atoms with Gasteiger partial charge in [0.1, 0.15) is 0 Å². The summed E-state index contributed by atoms with van der Waals surface area (Å²) in [5.41, 5.74) is 3.92. The highest BCUT2D eigenvalue weighted by Crippen LogP contribution is 2.34. The quantitative estimate of drug-likeness (QED) is 0.781. The van der Waals surface area contributed by atoms with Crippen LogP contribution in [0, 0.1) is 13.8 Å². The number of hydrogen-bond acceptors (Lipinski definition) is 3. The summed E-state index contributed by atoms with van der Waals surface area (Å²) in [7, 11) is 1.82. The van der Waals surface area contributed by atoms with Crippen LogP contribution < -0.4 is 4.90 Å². The molecule has 0 spiro atoms. The van der Waals surface area contributed by atoms with Crippen molar-refractivity contribution in [3.05, 3.63) is 46.8 Å². The minimum Gasteiger partial charge on any atom is -0.298 e. The molecule has 2 heterocycles. The van der Waals surface area contributed by atoms with Crippen LogP contribution in [-0.2, 0) is 18.4 Å². The Hall–Kier alpha value is -2.43. The first-order valence-corrected chi connectivity index (χ1v) is 6.43. The fourth-order valence-corrected chi connectivity index (χ4v) is 2.69. The summed E-state index contributed by atoms with van der Waals surface area (Å²) in [5.74, 6) is -0.901. The van der Waals surface area contributed by atoms with Gasteiger partial charge in [-0.25, -0.2) is 0 Å². The maximum absolute atomic E-state index is 12.2. The zero-order valence-electron chi connectivity index (χ0n) is 11.7. The fourth-order valence-electron chi connectivity index (χ4n) is 2.69. The molecule has 0 fully saturated rings. The monoisotopic (exact) mass is 269 g/mol. The molecular formula is C15H15N3O2. The molecular weight excluding hydrogens is 254 g/mol. The highest BCUT2D eigenvalue weighted by Gasteiger charge is 2.37. The molecule has 5 heteroatoms. The minimum atomic E-state index is -0.473. The van der Waals surface area contributed by atoms with Crippen molar-refractivity contribution in [1.29, 1.82) is 0 Å². The Morgan fingerprint density at radius 1 is 1.20 bits per heavy atom. The molecule has 0 bridgehead atoms. The number of aromatic nitrogens is 2. The van der Waals surface area contributed by atoms with Gasteiger partial charge in [-0.3, -0.25) is 19.2 Å². The lowest BCUT2D eigenvalue weighted by atomic mass is 10.0. The normalized spacial score (nSPS) is 14.1. The van der Waals surface area contributed by atoms with Crippen molar-refractivity contribution >= 4 is 17.4 Å². The molecule has 1 aliphatic rings. The number of Topliss-reactive ketones (excluding diaryl/α,β-unsaturated/α-hetero) is 1. The second kappa shape index (κ2) is 4.30. The van der Waals surface area contributed by atoms with Gasteiger partial charge in [-0.1, -0.05) is 6.07 Å². The van der Waals surface area contributed by atoms with Gasteiger partial charge in [-0.15, -0.1) is 0 Å². The molecule has 5 nitrogen and oxygen atoms in total. The highest BCUT2D eigenvalue weighted by molar-refractivity contribution is 6.52. The van der Waals surface area contributed by atoms with Crippen LogP contribution in [0.5, 0.6) is 0 Å². The second-order valence-electron chi connectivity index (χ2n) is 5.18. The summed E-state index contributed by atoms with van der Waals surface area (Å²) in [6, 6.07) is 5.61. The van der Waals surface area contributed by atoms with E-state index in [9.17, 15) is 9.59 Å².